The third-order valence-corrected chi connectivity index (χ3v) is 3.90. The topological polar surface area (TPSA) is 57.5 Å². The summed E-state index contributed by atoms with van der Waals surface area (Å²) < 4.78 is 0. The first kappa shape index (κ1) is 12.9. The van der Waals surface area contributed by atoms with Gasteiger partial charge in [-0.1, -0.05) is 40.2 Å². The van der Waals surface area contributed by atoms with Crippen molar-refractivity contribution in [3.63, 3.8) is 0 Å². The van der Waals surface area contributed by atoms with Gasteiger partial charge in [0.1, 0.15) is 0 Å². The Morgan fingerprint density at radius 2 is 2.17 bits per heavy atom. The standard InChI is InChI=1S/C12H12ClN3OS/c1-7-11(8(2)16-17)18-12(14-7)15-10-6-4-3-5-9(10)13/h3-6,17H,1-2H3,(H,14,15)/b16-8+. The van der Waals surface area contributed by atoms with Crippen LogP contribution >= 0.6 is 22.9 Å². The van der Waals surface area contributed by atoms with Crippen molar-refractivity contribution in [2.75, 3.05) is 5.32 Å². The van der Waals surface area contributed by atoms with E-state index in [-0.39, 0.29) is 0 Å². The van der Waals surface area contributed by atoms with Gasteiger partial charge in [-0.05, 0) is 26.0 Å². The van der Waals surface area contributed by atoms with Gasteiger partial charge in [-0.25, -0.2) is 4.98 Å². The van der Waals surface area contributed by atoms with Gasteiger partial charge in [0.05, 0.1) is 27.0 Å². The van der Waals surface area contributed by atoms with Crippen LogP contribution in [0, 0.1) is 6.92 Å². The second kappa shape index (κ2) is 5.37. The molecule has 0 atom stereocenters. The van der Waals surface area contributed by atoms with E-state index < -0.39 is 0 Å². The second-order valence-electron chi connectivity index (χ2n) is 3.72. The Bertz CT molecular complexity index is 595. The molecule has 18 heavy (non-hydrogen) atoms. The molecule has 1 aromatic carbocycles. The highest BCUT2D eigenvalue weighted by Crippen LogP contribution is 2.29. The quantitative estimate of drug-likeness (QED) is 0.507. The number of nitrogens with one attached hydrogen (secondary N) is 1. The lowest BCUT2D eigenvalue weighted by molar-refractivity contribution is 0.319. The van der Waals surface area contributed by atoms with Gasteiger partial charge in [0, 0.05) is 0 Å². The number of hydrogen-bond acceptors (Lipinski definition) is 5. The number of anilines is 2. The molecule has 0 amide bonds. The summed E-state index contributed by atoms with van der Waals surface area (Å²) in [4.78, 5) is 5.23. The fourth-order valence-electron chi connectivity index (χ4n) is 1.51. The lowest BCUT2D eigenvalue weighted by Crippen LogP contribution is -1.92. The normalized spacial score (nSPS) is 11.6. The van der Waals surface area contributed by atoms with Crippen molar-refractivity contribution in [1.29, 1.82) is 0 Å². The minimum absolute atomic E-state index is 0.553. The van der Waals surface area contributed by atoms with E-state index >= 15 is 0 Å². The fourth-order valence-corrected chi connectivity index (χ4v) is 2.61. The van der Waals surface area contributed by atoms with Crippen LogP contribution in [-0.2, 0) is 0 Å². The summed E-state index contributed by atoms with van der Waals surface area (Å²) in [6.45, 7) is 3.61. The molecule has 0 bridgehead atoms. The van der Waals surface area contributed by atoms with Crippen LogP contribution in [0.3, 0.4) is 0 Å². The Labute approximate surface area is 114 Å². The summed E-state index contributed by atoms with van der Waals surface area (Å²) in [5.74, 6) is 0. The molecular formula is C12H12ClN3OS. The molecule has 0 aliphatic carbocycles. The van der Waals surface area contributed by atoms with Crippen LogP contribution < -0.4 is 5.32 Å². The van der Waals surface area contributed by atoms with Crippen LogP contribution in [0.25, 0.3) is 0 Å². The Hall–Kier alpha value is -1.59. The molecule has 0 radical (unpaired) electrons. The monoisotopic (exact) mass is 281 g/mol. The van der Waals surface area contributed by atoms with Gasteiger partial charge >= 0.3 is 0 Å². The van der Waals surface area contributed by atoms with Gasteiger partial charge in [-0.3, -0.25) is 0 Å². The zero-order valence-electron chi connectivity index (χ0n) is 9.94. The Morgan fingerprint density at radius 1 is 1.44 bits per heavy atom. The van der Waals surface area contributed by atoms with Crippen LogP contribution in [0.1, 0.15) is 17.5 Å². The van der Waals surface area contributed by atoms with Crippen molar-refractivity contribution in [3.8, 4) is 0 Å². The molecule has 0 fully saturated rings. The lowest BCUT2D eigenvalue weighted by Gasteiger charge is -2.03. The number of oxime groups is 1. The van der Waals surface area contributed by atoms with E-state index in [4.69, 9.17) is 16.8 Å². The molecule has 0 saturated heterocycles. The predicted octanol–water partition coefficient (Wildman–Crippen LogP) is 4.05. The fraction of sp³-hybridized carbons (Fsp3) is 0.167. The maximum Gasteiger partial charge on any atom is 0.188 e. The molecule has 0 spiro atoms. The van der Waals surface area contributed by atoms with E-state index in [9.17, 15) is 0 Å². The van der Waals surface area contributed by atoms with Crippen molar-refractivity contribution >= 4 is 39.5 Å². The third-order valence-electron chi connectivity index (χ3n) is 2.39. The average Bonchev–Trinajstić information content (AvgIpc) is 2.72. The first-order valence-electron chi connectivity index (χ1n) is 5.30. The maximum atomic E-state index is 8.78. The SMILES string of the molecule is C/C(=N\O)c1sc(Nc2ccccc2Cl)nc1C. The number of rotatable bonds is 3. The van der Waals surface area contributed by atoms with Gasteiger partial charge in [0.2, 0.25) is 0 Å². The average molecular weight is 282 g/mol. The number of halogens is 1. The zero-order chi connectivity index (χ0) is 13.1. The van der Waals surface area contributed by atoms with Crippen LogP contribution in [0.2, 0.25) is 5.02 Å². The van der Waals surface area contributed by atoms with Crippen LogP contribution in [-0.4, -0.2) is 15.9 Å². The van der Waals surface area contributed by atoms with E-state index in [2.05, 4.69) is 15.5 Å². The number of thiazole rings is 1. The van der Waals surface area contributed by atoms with E-state index in [1.807, 2.05) is 31.2 Å². The minimum atomic E-state index is 0.553. The number of para-hydroxylation sites is 1. The number of aryl methyl sites for hydroxylation is 1. The molecule has 2 rings (SSSR count). The molecule has 1 aromatic heterocycles. The summed E-state index contributed by atoms with van der Waals surface area (Å²) in [5.41, 5.74) is 2.18. The molecule has 0 saturated carbocycles. The van der Waals surface area contributed by atoms with Gasteiger partial charge < -0.3 is 10.5 Å². The summed E-state index contributed by atoms with van der Waals surface area (Å²) in [7, 11) is 0. The van der Waals surface area contributed by atoms with Gasteiger partial charge in [-0.15, -0.1) is 0 Å². The van der Waals surface area contributed by atoms with E-state index in [1.54, 1.807) is 6.92 Å². The summed E-state index contributed by atoms with van der Waals surface area (Å²) in [5, 5.41) is 16.5. The van der Waals surface area contributed by atoms with Crippen molar-refractivity contribution in [1.82, 2.24) is 4.98 Å². The molecule has 1 heterocycles. The van der Waals surface area contributed by atoms with Gasteiger partial charge in [0.15, 0.2) is 5.13 Å². The smallest absolute Gasteiger partial charge is 0.188 e. The van der Waals surface area contributed by atoms with E-state index in [0.717, 1.165) is 21.4 Å². The van der Waals surface area contributed by atoms with Crippen molar-refractivity contribution in [2.24, 2.45) is 5.16 Å². The predicted molar refractivity (Wildman–Crippen MR) is 75.6 cm³/mol. The summed E-state index contributed by atoms with van der Waals surface area (Å²) in [6, 6.07) is 7.46. The van der Waals surface area contributed by atoms with Crippen molar-refractivity contribution < 1.29 is 5.21 Å². The first-order chi connectivity index (χ1) is 8.61. The minimum Gasteiger partial charge on any atom is -0.411 e. The molecule has 0 unspecified atom stereocenters. The molecule has 2 aromatic rings. The third kappa shape index (κ3) is 2.63. The van der Waals surface area contributed by atoms with Crippen LogP contribution in [0.5, 0.6) is 0 Å². The molecular weight excluding hydrogens is 270 g/mol. The first-order valence-corrected chi connectivity index (χ1v) is 6.49. The van der Waals surface area contributed by atoms with Gasteiger partial charge in [-0.2, -0.15) is 0 Å². The largest absolute Gasteiger partial charge is 0.411 e. The van der Waals surface area contributed by atoms with Crippen molar-refractivity contribution in [2.45, 2.75) is 13.8 Å². The highest BCUT2D eigenvalue weighted by atomic mass is 35.5. The van der Waals surface area contributed by atoms with Gasteiger partial charge in [0.25, 0.3) is 0 Å². The van der Waals surface area contributed by atoms with Crippen LogP contribution in [0.4, 0.5) is 10.8 Å². The highest BCUT2D eigenvalue weighted by Gasteiger charge is 2.11. The summed E-state index contributed by atoms with van der Waals surface area (Å²) in [6.07, 6.45) is 0. The van der Waals surface area contributed by atoms with E-state index in [0.29, 0.717) is 10.7 Å². The lowest BCUT2D eigenvalue weighted by atomic mass is 10.3. The highest BCUT2D eigenvalue weighted by molar-refractivity contribution is 7.17. The van der Waals surface area contributed by atoms with E-state index in [1.165, 1.54) is 11.3 Å². The molecule has 2 N–H and O–H groups in total. The molecule has 6 heteroatoms. The molecule has 0 aliphatic heterocycles. The number of aromatic nitrogens is 1. The molecule has 0 aliphatic rings. The Kier molecular flexibility index (Phi) is 3.84. The Balaban J connectivity index is 2.29. The molecule has 4 nitrogen and oxygen atoms in total. The van der Waals surface area contributed by atoms with Crippen LogP contribution in [0.15, 0.2) is 29.4 Å². The second-order valence-corrected chi connectivity index (χ2v) is 5.13. The summed E-state index contributed by atoms with van der Waals surface area (Å²) >= 11 is 7.49. The maximum absolute atomic E-state index is 8.78. The zero-order valence-corrected chi connectivity index (χ0v) is 11.5. The number of benzene rings is 1. The Morgan fingerprint density at radius 3 is 2.83 bits per heavy atom. The molecule has 94 valence electrons. The number of nitrogens with zero attached hydrogens (tertiary/aromatic N) is 2. The van der Waals surface area contributed by atoms with Crippen molar-refractivity contribution in [3.05, 3.63) is 39.9 Å². The number of hydrogen-bond donors (Lipinski definition) is 2.